The molecule has 2 nitrogen and oxygen atoms in total. The lowest BCUT2D eigenvalue weighted by molar-refractivity contribution is 0.146. The van der Waals surface area contributed by atoms with Crippen LogP contribution in [0.3, 0.4) is 0 Å². The Bertz CT molecular complexity index is 402. The first-order chi connectivity index (χ1) is 7.10. The normalized spacial score (nSPS) is 10.4. The molecule has 0 bridgehead atoms. The summed E-state index contributed by atoms with van der Waals surface area (Å²) in [7, 11) is 0. The van der Waals surface area contributed by atoms with E-state index in [9.17, 15) is 8.78 Å². The zero-order valence-electron chi connectivity index (χ0n) is 7.48. The minimum Gasteiger partial charge on any atom is -0.235 e. The standard InChI is InChI=1S/C9H6Cl2F2N2/c10-4-6-5(1-2-14)3-7(9(12)13)15-8(6)11/h3,9H,1,4H2. The molecule has 0 amide bonds. The molecule has 1 aromatic heterocycles. The van der Waals surface area contributed by atoms with Crippen LogP contribution in [0.4, 0.5) is 8.78 Å². The molecular weight excluding hydrogens is 245 g/mol. The Morgan fingerprint density at radius 3 is 2.67 bits per heavy atom. The van der Waals surface area contributed by atoms with Crippen molar-refractivity contribution in [1.29, 1.82) is 5.26 Å². The highest BCUT2D eigenvalue weighted by Crippen LogP contribution is 2.26. The lowest BCUT2D eigenvalue weighted by Crippen LogP contribution is -2.00. The van der Waals surface area contributed by atoms with E-state index in [-0.39, 0.29) is 17.5 Å². The van der Waals surface area contributed by atoms with Crippen LogP contribution in [0.25, 0.3) is 0 Å². The zero-order valence-corrected chi connectivity index (χ0v) is 8.99. The molecule has 0 aliphatic carbocycles. The van der Waals surface area contributed by atoms with Crippen molar-refractivity contribution >= 4 is 23.2 Å². The molecule has 0 atom stereocenters. The lowest BCUT2D eigenvalue weighted by Gasteiger charge is -2.08. The Hall–Kier alpha value is -0.920. The fraction of sp³-hybridized carbons (Fsp3) is 0.333. The summed E-state index contributed by atoms with van der Waals surface area (Å²) in [6.07, 6.45) is -2.71. The van der Waals surface area contributed by atoms with Gasteiger partial charge in [-0.3, -0.25) is 0 Å². The van der Waals surface area contributed by atoms with E-state index in [1.807, 2.05) is 6.07 Å². The summed E-state index contributed by atoms with van der Waals surface area (Å²) in [6.45, 7) is 0. The van der Waals surface area contributed by atoms with Gasteiger partial charge in [0.05, 0.1) is 18.4 Å². The summed E-state index contributed by atoms with van der Waals surface area (Å²) < 4.78 is 24.7. The van der Waals surface area contributed by atoms with Gasteiger partial charge >= 0.3 is 0 Å². The lowest BCUT2D eigenvalue weighted by atomic mass is 10.1. The van der Waals surface area contributed by atoms with Gasteiger partial charge < -0.3 is 0 Å². The van der Waals surface area contributed by atoms with Gasteiger partial charge in [0.25, 0.3) is 6.43 Å². The van der Waals surface area contributed by atoms with E-state index < -0.39 is 12.1 Å². The highest BCUT2D eigenvalue weighted by molar-refractivity contribution is 6.31. The average molecular weight is 251 g/mol. The quantitative estimate of drug-likeness (QED) is 0.609. The van der Waals surface area contributed by atoms with E-state index in [4.69, 9.17) is 28.5 Å². The Morgan fingerprint density at radius 2 is 2.20 bits per heavy atom. The number of hydrogen-bond donors (Lipinski definition) is 0. The fourth-order valence-corrected chi connectivity index (χ4v) is 1.76. The number of rotatable bonds is 3. The third-order valence-corrected chi connectivity index (χ3v) is 2.39. The van der Waals surface area contributed by atoms with Crippen LogP contribution in [0.5, 0.6) is 0 Å². The zero-order chi connectivity index (χ0) is 11.4. The molecule has 0 aliphatic heterocycles. The molecule has 15 heavy (non-hydrogen) atoms. The van der Waals surface area contributed by atoms with Crippen molar-refractivity contribution < 1.29 is 8.78 Å². The van der Waals surface area contributed by atoms with Crippen LogP contribution in [-0.4, -0.2) is 4.98 Å². The molecule has 1 rings (SSSR count). The average Bonchev–Trinajstić information content (AvgIpc) is 2.17. The van der Waals surface area contributed by atoms with Crippen LogP contribution in [-0.2, 0) is 12.3 Å². The van der Waals surface area contributed by atoms with E-state index in [1.54, 1.807) is 0 Å². The van der Waals surface area contributed by atoms with Crippen molar-refractivity contribution in [2.24, 2.45) is 0 Å². The number of alkyl halides is 3. The van der Waals surface area contributed by atoms with E-state index in [1.165, 1.54) is 0 Å². The number of hydrogen-bond acceptors (Lipinski definition) is 2. The second kappa shape index (κ2) is 5.24. The molecule has 0 saturated heterocycles. The summed E-state index contributed by atoms with van der Waals surface area (Å²) >= 11 is 11.3. The van der Waals surface area contributed by atoms with Gasteiger partial charge in [-0.05, 0) is 11.6 Å². The SMILES string of the molecule is N#CCc1cc(C(F)F)nc(Cl)c1CCl. The summed E-state index contributed by atoms with van der Waals surface area (Å²) in [6, 6.07) is 3.03. The fourth-order valence-electron chi connectivity index (χ4n) is 1.11. The van der Waals surface area contributed by atoms with Gasteiger partial charge in [-0.15, -0.1) is 11.6 Å². The highest BCUT2D eigenvalue weighted by atomic mass is 35.5. The molecule has 0 radical (unpaired) electrons. The van der Waals surface area contributed by atoms with Crippen molar-refractivity contribution in [2.75, 3.05) is 0 Å². The van der Waals surface area contributed by atoms with Gasteiger partial charge in [-0.1, -0.05) is 11.6 Å². The monoisotopic (exact) mass is 250 g/mol. The Labute approximate surface area is 95.4 Å². The predicted molar refractivity (Wildman–Crippen MR) is 53.1 cm³/mol. The molecule has 0 aliphatic rings. The maximum Gasteiger partial charge on any atom is 0.280 e. The van der Waals surface area contributed by atoms with Crippen LogP contribution < -0.4 is 0 Å². The summed E-state index contributed by atoms with van der Waals surface area (Å²) in [5.41, 5.74) is 0.409. The third kappa shape index (κ3) is 2.77. The predicted octanol–water partition coefficient (Wildman–Crippen LogP) is 3.48. The van der Waals surface area contributed by atoms with Crippen molar-refractivity contribution in [3.63, 3.8) is 0 Å². The van der Waals surface area contributed by atoms with Gasteiger partial charge in [0.1, 0.15) is 10.8 Å². The smallest absolute Gasteiger partial charge is 0.235 e. The van der Waals surface area contributed by atoms with Crippen molar-refractivity contribution in [1.82, 2.24) is 4.98 Å². The van der Waals surface area contributed by atoms with Crippen molar-refractivity contribution in [2.45, 2.75) is 18.7 Å². The first-order valence-electron chi connectivity index (χ1n) is 3.99. The van der Waals surface area contributed by atoms with Gasteiger partial charge in [0, 0.05) is 5.56 Å². The number of nitriles is 1. The van der Waals surface area contributed by atoms with E-state index >= 15 is 0 Å². The number of aromatic nitrogens is 1. The number of nitrogens with zero attached hydrogens (tertiary/aromatic N) is 2. The molecule has 1 heterocycles. The Kier molecular flexibility index (Phi) is 4.25. The van der Waals surface area contributed by atoms with Gasteiger partial charge in [-0.2, -0.15) is 5.26 Å². The number of halogens is 4. The molecule has 0 spiro atoms. The second-order valence-corrected chi connectivity index (χ2v) is 3.37. The van der Waals surface area contributed by atoms with Crippen molar-refractivity contribution in [3.8, 4) is 6.07 Å². The first kappa shape index (κ1) is 12.2. The topological polar surface area (TPSA) is 36.7 Å². The van der Waals surface area contributed by atoms with E-state index in [0.29, 0.717) is 11.1 Å². The number of pyridine rings is 1. The van der Waals surface area contributed by atoms with Crippen LogP contribution in [0.1, 0.15) is 23.2 Å². The minimum absolute atomic E-state index is 0.00991. The van der Waals surface area contributed by atoms with Gasteiger partial charge in [0.15, 0.2) is 0 Å². The third-order valence-electron chi connectivity index (χ3n) is 1.81. The largest absolute Gasteiger partial charge is 0.280 e. The summed E-state index contributed by atoms with van der Waals surface area (Å²) in [5.74, 6) is 0.0480. The first-order valence-corrected chi connectivity index (χ1v) is 4.90. The molecule has 0 unspecified atom stereocenters. The van der Waals surface area contributed by atoms with Crippen LogP contribution in [0.15, 0.2) is 6.07 Å². The Morgan fingerprint density at radius 1 is 1.53 bits per heavy atom. The van der Waals surface area contributed by atoms with E-state index in [2.05, 4.69) is 4.98 Å². The Balaban J connectivity index is 3.26. The van der Waals surface area contributed by atoms with Crippen LogP contribution in [0.2, 0.25) is 5.15 Å². The van der Waals surface area contributed by atoms with Gasteiger partial charge in [-0.25, -0.2) is 13.8 Å². The summed E-state index contributed by atoms with van der Waals surface area (Å²) in [4.78, 5) is 3.51. The maximum atomic E-state index is 12.4. The molecule has 0 fully saturated rings. The van der Waals surface area contributed by atoms with Crippen LogP contribution >= 0.6 is 23.2 Å². The second-order valence-electron chi connectivity index (χ2n) is 2.74. The highest BCUT2D eigenvalue weighted by Gasteiger charge is 2.15. The molecule has 6 heteroatoms. The van der Waals surface area contributed by atoms with Crippen molar-refractivity contribution in [3.05, 3.63) is 28.0 Å². The maximum absolute atomic E-state index is 12.4. The summed E-state index contributed by atoms with van der Waals surface area (Å²) in [5, 5.41) is 8.45. The molecule has 0 N–H and O–H groups in total. The minimum atomic E-state index is -2.70. The van der Waals surface area contributed by atoms with E-state index in [0.717, 1.165) is 6.07 Å². The molecule has 0 aromatic carbocycles. The molecular formula is C9H6Cl2F2N2. The molecule has 1 aromatic rings. The molecule has 0 saturated carbocycles. The van der Waals surface area contributed by atoms with Gasteiger partial charge in [0.2, 0.25) is 0 Å². The van der Waals surface area contributed by atoms with Crippen LogP contribution in [0, 0.1) is 11.3 Å². The molecule has 80 valence electrons.